The quantitative estimate of drug-likeness (QED) is 0.542. The van der Waals surface area contributed by atoms with Crippen LogP contribution in [0.2, 0.25) is 0 Å². The molecule has 100 valence electrons. The summed E-state index contributed by atoms with van der Waals surface area (Å²) in [5.74, 6) is 1.39. The van der Waals surface area contributed by atoms with Crippen molar-refractivity contribution in [2.45, 2.75) is 6.61 Å². The molecule has 0 aliphatic carbocycles. The van der Waals surface area contributed by atoms with Gasteiger partial charge in [0.25, 0.3) is 0 Å². The number of hydrogen-bond donors (Lipinski definition) is 1. The van der Waals surface area contributed by atoms with Gasteiger partial charge in [-0.2, -0.15) is 0 Å². The van der Waals surface area contributed by atoms with Gasteiger partial charge in [0.2, 0.25) is 0 Å². The molecule has 0 heterocycles. The number of ether oxygens (including phenoxy) is 1. The van der Waals surface area contributed by atoms with Crippen LogP contribution in [0, 0.1) is 0 Å². The summed E-state index contributed by atoms with van der Waals surface area (Å²) < 4.78 is 9.27. The summed E-state index contributed by atoms with van der Waals surface area (Å²) in [6.07, 6.45) is 0. The smallest absolute Gasteiger partial charge is 0.142 e. The highest BCUT2D eigenvalue weighted by Crippen LogP contribution is 2.37. The van der Waals surface area contributed by atoms with E-state index in [0.717, 1.165) is 23.5 Å². The molecule has 6 heteroatoms. The molecule has 0 aliphatic heterocycles. The summed E-state index contributed by atoms with van der Waals surface area (Å²) in [7, 11) is 0. The summed E-state index contributed by atoms with van der Waals surface area (Å²) in [6, 6.07) is 9.34. The van der Waals surface area contributed by atoms with Crippen LogP contribution in [0.25, 0.3) is 0 Å². The van der Waals surface area contributed by atoms with Gasteiger partial charge in [0.1, 0.15) is 11.5 Å². The molecule has 2 aromatic rings. The molecule has 0 amide bonds. The van der Waals surface area contributed by atoms with Crippen molar-refractivity contribution in [3.8, 4) is 11.5 Å². The number of aliphatic hydroxyl groups excluding tert-OH is 1. The van der Waals surface area contributed by atoms with Crippen molar-refractivity contribution in [1.29, 1.82) is 0 Å². The van der Waals surface area contributed by atoms with Gasteiger partial charge < -0.3 is 9.84 Å². The zero-order chi connectivity index (χ0) is 14.0. The summed E-state index contributed by atoms with van der Waals surface area (Å²) in [6.45, 7) is -0.0263. The van der Waals surface area contributed by atoms with Gasteiger partial charge in [-0.25, -0.2) is 0 Å². The SMILES string of the molecule is OCc1cc(Br)c(Oc2ccc(Br)cc2Br)cc1Br. The molecule has 2 nitrogen and oxygen atoms in total. The number of aliphatic hydroxyl groups is 1. The number of halogens is 4. The average molecular weight is 516 g/mol. The highest BCUT2D eigenvalue weighted by atomic mass is 79.9. The van der Waals surface area contributed by atoms with Crippen molar-refractivity contribution in [2.75, 3.05) is 0 Å². The normalized spacial score (nSPS) is 10.6. The van der Waals surface area contributed by atoms with E-state index in [1.54, 1.807) is 0 Å². The third-order valence-corrected chi connectivity index (χ3v) is 4.86. The summed E-state index contributed by atoms with van der Waals surface area (Å²) in [5, 5.41) is 9.19. The van der Waals surface area contributed by atoms with Crippen molar-refractivity contribution in [2.24, 2.45) is 0 Å². The Morgan fingerprint density at radius 1 is 0.842 bits per heavy atom. The lowest BCUT2D eigenvalue weighted by atomic mass is 10.2. The Hall–Kier alpha value is 0.120. The number of rotatable bonds is 3. The second-order valence-electron chi connectivity index (χ2n) is 3.71. The van der Waals surface area contributed by atoms with Gasteiger partial charge in [-0.3, -0.25) is 0 Å². The third-order valence-electron chi connectivity index (χ3n) is 2.39. The summed E-state index contributed by atoms with van der Waals surface area (Å²) in [5.41, 5.74) is 0.800. The monoisotopic (exact) mass is 512 g/mol. The fourth-order valence-electron chi connectivity index (χ4n) is 1.45. The molecule has 1 N–H and O–H groups in total. The van der Waals surface area contributed by atoms with Crippen LogP contribution in [-0.2, 0) is 6.61 Å². The van der Waals surface area contributed by atoms with Crippen LogP contribution in [0.3, 0.4) is 0 Å². The molecule has 0 aliphatic rings. The van der Waals surface area contributed by atoms with E-state index in [0.29, 0.717) is 11.5 Å². The topological polar surface area (TPSA) is 29.5 Å². The minimum Gasteiger partial charge on any atom is -0.455 e. The predicted octanol–water partition coefficient (Wildman–Crippen LogP) is 6.02. The lowest BCUT2D eigenvalue weighted by Crippen LogP contribution is -1.91. The molecular weight excluding hydrogens is 508 g/mol. The van der Waals surface area contributed by atoms with E-state index in [1.807, 2.05) is 30.3 Å². The van der Waals surface area contributed by atoms with Crippen LogP contribution in [0.1, 0.15) is 5.56 Å². The van der Waals surface area contributed by atoms with E-state index in [9.17, 15) is 5.11 Å². The first-order valence-electron chi connectivity index (χ1n) is 5.23. The van der Waals surface area contributed by atoms with E-state index in [1.165, 1.54) is 0 Å². The molecule has 0 radical (unpaired) electrons. The minimum atomic E-state index is -0.0263. The minimum absolute atomic E-state index is 0.0263. The first-order valence-corrected chi connectivity index (χ1v) is 8.40. The Morgan fingerprint density at radius 2 is 1.53 bits per heavy atom. The maximum atomic E-state index is 9.19. The molecule has 0 saturated heterocycles. The summed E-state index contributed by atoms with van der Waals surface area (Å²) >= 11 is 13.7. The van der Waals surface area contributed by atoms with Crippen molar-refractivity contribution in [3.63, 3.8) is 0 Å². The lowest BCUT2D eigenvalue weighted by Gasteiger charge is -2.12. The molecule has 0 saturated carbocycles. The standard InChI is InChI=1S/C13H8Br4O2/c14-8-1-2-12(11(17)4-8)19-13-5-9(15)7(6-18)3-10(13)16/h1-5,18H,6H2. The van der Waals surface area contributed by atoms with Crippen LogP contribution >= 0.6 is 63.7 Å². The molecule has 0 atom stereocenters. The van der Waals surface area contributed by atoms with E-state index in [-0.39, 0.29) is 6.61 Å². The van der Waals surface area contributed by atoms with Gasteiger partial charge in [0.05, 0.1) is 15.6 Å². The van der Waals surface area contributed by atoms with Crippen LogP contribution in [0.4, 0.5) is 0 Å². The summed E-state index contributed by atoms with van der Waals surface area (Å²) in [4.78, 5) is 0. The highest BCUT2D eigenvalue weighted by Gasteiger charge is 2.10. The van der Waals surface area contributed by atoms with E-state index in [2.05, 4.69) is 63.7 Å². The second kappa shape index (κ2) is 6.72. The first kappa shape index (κ1) is 15.5. The lowest BCUT2D eigenvalue weighted by molar-refractivity contribution is 0.281. The molecular formula is C13H8Br4O2. The predicted molar refractivity (Wildman–Crippen MR) is 89.7 cm³/mol. The van der Waals surface area contributed by atoms with Crippen molar-refractivity contribution >= 4 is 63.7 Å². The maximum Gasteiger partial charge on any atom is 0.142 e. The molecule has 0 bridgehead atoms. The van der Waals surface area contributed by atoms with Crippen molar-refractivity contribution < 1.29 is 9.84 Å². The van der Waals surface area contributed by atoms with E-state index in [4.69, 9.17) is 4.74 Å². The first-order chi connectivity index (χ1) is 9.01. The molecule has 19 heavy (non-hydrogen) atoms. The zero-order valence-corrected chi connectivity index (χ0v) is 15.8. The fourth-order valence-corrected chi connectivity index (χ4v) is 3.49. The Labute approximate surface area is 144 Å². The Bertz CT molecular complexity index is 614. The van der Waals surface area contributed by atoms with Gasteiger partial charge in [-0.05, 0) is 67.8 Å². The van der Waals surface area contributed by atoms with Crippen LogP contribution in [-0.4, -0.2) is 5.11 Å². The second-order valence-corrected chi connectivity index (χ2v) is 7.19. The number of benzene rings is 2. The van der Waals surface area contributed by atoms with Crippen LogP contribution in [0.15, 0.2) is 48.2 Å². The van der Waals surface area contributed by atoms with Gasteiger partial charge in [0.15, 0.2) is 0 Å². The van der Waals surface area contributed by atoms with Crippen molar-refractivity contribution in [1.82, 2.24) is 0 Å². The van der Waals surface area contributed by atoms with Gasteiger partial charge in [0, 0.05) is 8.95 Å². The van der Waals surface area contributed by atoms with Gasteiger partial charge >= 0.3 is 0 Å². The maximum absolute atomic E-state index is 9.19. The van der Waals surface area contributed by atoms with Crippen LogP contribution < -0.4 is 4.74 Å². The zero-order valence-electron chi connectivity index (χ0n) is 9.46. The molecule has 0 spiro atoms. The van der Waals surface area contributed by atoms with Crippen molar-refractivity contribution in [3.05, 3.63) is 53.8 Å². The molecule has 2 rings (SSSR count). The Morgan fingerprint density at radius 3 is 2.16 bits per heavy atom. The highest BCUT2D eigenvalue weighted by molar-refractivity contribution is 9.11. The Kier molecular flexibility index (Phi) is 5.48. The van der Waals surface area contributed by atoms with Gasteiger partial charge in [-0.1, -0.05) is 31.9 Å². The average Bonchev–Trinajstić information content (AvgIpc) is 2.36. The molecule has 2 aromatic carbocycles. The van der Waals surface area contributed by atoms with Gasteiger partial charge in [-0.15, -0.1) is 0 Å². The fraction of sp³-hybridized carbons (Fsp3) is 0.0769. The van der Waals surface area contributed by atoms with E-state index < -0.39 is 0 Å². The number of hydrogen-bond acceptors (Lipinski definition) is 2. The Balaban J connectivity index is 2.35. The molecule has 0 fully saturated rings. The largest absolute Gasteiger partial charge is 0.455 e. The third kappa shape index (κ3) is 3.82. The van der Waals surface area contributed by atoms with Crippen LogP contribution in [0.5, 0.6) is 11.5 Å². The molecule has 0 aromatic heterocycles. The molecule has 0 unspecified atom stereocenters. The van der Waals surface area contributed by atoms with E-state index >= 15 is 0 Å².